The number of aryl methyl sites for hydroxylation is 1. The van der Waals surface area contributed by atoms with Crippen LogP contribution in [0.5, 0.6) is 0 Å². The second-order valence-electron chi connectivity index (χ2n) is 12.3. The lowest BCUT2D eigenvalue weighted by molar-refractivity contribution is -0.101. The average molecular weight is 413 g/mol. The van der Waals surface area contributed by atoms with Crippen molar-refractivity contribution in [3.8, 4) is 0 Å². The van der Waals surface area contributed by atoms with Crippen LogP contribution >= 0.6 is 0 Å². The zero-order chi connectivity index (χ0) is 20.7. The van der Waals surface area contributed by atoms with Gasteiger partial charge in [0.05, 0.1) is 24.4 Å². The Morgan fingerprint density at radius 2 is 1.83 bits per heavy atom. The highest BCUT2D eigenvalue weighted by Crippen LogP contribution is 2.66. The van der Waals surface area contributed by atoms with Crippen LogP contribution in [-0.4, -0.2) is 32.7 Å². The molecule has 6 rings (SSSR count). The van der Waals surface area contributed by atoms with Gasteiger partial charge in [0.2, 0.25) is 0 Å². The molecule has 4 heteroatoms. The third kappa shape index (κ3) is 3.11. The molecule has 1 aromatic heterocycles. The van der Waals surface area contributed by atoms with E-state index in [-0.39, 0.29) is 0 Å². The summed E-state index contributed by atoms with van der Waals surface area (Å²) in [6.07, 6.45) is 16.7. The molecule has 1 N–H and O–H groups in total. The fourth-order valence-corrected chi connectivity index (χ4v) is 9.07. The van der Waals surface area contributed by atoms with E-state index in [4.69, 9.17) is 4.74 Å². The quantitative estimate of drug-likeness (QED) is 0.713. The second kappa shape index (κ2) is 6.81. The minimum Gasteiger partial charge on any atom is -0.390 e. The van der Waals surface area contributed by atoms with Crippen LogP contribution in [0.3, 0.4) is 0 Å². The Labute approximate surface area is 181 Å². The van der Waals surface area contributed by atoms with Crippen molar-refractivity contribution in [3.05, 3.63) is 18.0 Å². The lowest BCUT2D eigenvalue weighted by atomic mass is 9.49. The molecule has 0 bridgehead atoms. The number of epoxide rings is 1. The van der Waals surface area contributed by atoms with E-state index < -0.39 is 5.60 Å². The number of aliphatic hydroxyl groups is 1. The van der Waals surface area contributed by atoms with Crippen LogP contribution in [0.1, 0.15) is 77.2 Å². The lowest BCUT2D eigenvalue weighted by Crippen LogP contribution is -2.50. The first kappa shape index (κ1) is 19.8. The Bertz CT molecular complexity index is 803. The molecular weight excluding hydrogens is 372 g/mol. The van der Waals surface area contributed by atoms with Crippen molar-refractivity contribution >= 4 is 0 Å². The highest BCUT2D eigenvalue weighted by molar-refractivity contribution is 5.11. The van der Waals surface area contributed by atoms with E-state index in [2.05, 4.69) is 36.7 Å². The monoisotopic (exact) mass is 412 g/mol. The first-order chi connectivity index (χ1) is 14.3. The van der Waals surface area contributed by atoms with E-state index in [0.717, 1.165) is 54.9 Å². The molecule has 30 heavy (non-hydrogen) atoms. The van der Waals surface area contributed by atoms with Gasteiger partial charge in [0.15, 0.2) is 0 Å². The predicted molar refractivity (Wildman–Crippen MR) is 117 cm³/mol. The van der Waals surface area contributed by atoms with Gasteiger partial charge in [0.1, 0.15) is 6.10 Å². The smallest absolute Gasteiger partial charge is 0.104 e. The molecule has 5 aliphatic rings. The van der Waals surface area contributed by atoms with E-state index in [1.165, 1.54) is 50.5 Å². The van der Waals surface area contributed by atoms with Gasteiger partial charge in [-0.25, -0.2) is 0 Å². The van der Waals surface area contributed by atoms with Gasteiger partial charge in [-0.15, -0.1) is 0 Å². The number of ether oxygens (including phenoxy) is 1. The van der Waals surface area contributed by atoms with Crippen LogP contribution in [0.2, 0.25) is 0 Å². The molecule has 5 fully saturated rings. The summed E-state index contributed by atoms with van der Waals surface area (Å²) < 4.78 is 8.36. The molecule has 0 radical (unpaired) electrons. The van der Waals surface area contributed by atoms with Crippen molar-refractivity contribution in [1.29, 1.82) is 0 Å². The maximum Gasteiger partial charge on any atom is 0.104 e. The average Bonchev–Trinajstić information content (AvgIpc) is 3.15. The van der Waals surface area contributed by atoms with Crippen molar-refractivity contribution in [1.82, 2.24) is 9.78 Å². The first-order valence-electron chi connectivity index (χ1n) is 12.7. The largest absolute Gasteiger partial charge is 0.390 e. The third-order valence-corrected chi connectivity index (χ3v) is 10.5. The fraction of sp³-hybridized carbons (Fsp3) is 0.885. The minimum atomic E-state index is -0.402. The Morgan fingerprint density at radius 1 is 1.03 bits per heavy atom. The standard InChI is InChI=1S/C26H40N2O2/c1-16-13-27-28(14-16)15-23-24(30-23)22-7-6-21-20-5-4-17-12-25(2,29)10-8-18(17)19(20)9-11-26(21,22)3/h13-14,17-24,29H,4-12,15H2,1-3H3. The van der Waals surface area contributed by atoms with Crippen molar-refractivity contribution in [2.75, 3.05) is 0 Å². The number of fused-ring (bicyclic) bond motifs is 5. The fourth-order valence-electron chi connectivity index (χ4n) is 9.07. The van der Waals surface area contributed by atoms with E-state index in [1.54, 1.807) is 0 Å². The SMILES string of the molecule is Cc1cnn(CC2OC2C2CCC3C4CCC5CC(C)(O)CCC5C4CCC32C)c1. The van der Waals surface area contributed by atoms with E-state index >= 15 is 0 Å². The molecule has 1 aromatic rings. The summed E-state index contributed by atoms with van der Waals surface area (Å²) in [6.45, 7) is 7.73. The predicted octanol–water partition coefficient (Wildman–Crippen LogP) is 4.98. The van der Waals surface area contributed by atoms with Crippen LogP contribution in [0.15, 0.2) is 12.4 Å². The van der Waals surface area contributed by atoms with Crippen molar-refractivity contribution < 1.29 is 9.84 Å². The molecule has 4 nitrogen and oxygen atoms in total. The zero-order valence-corrected chi connectivity index (χ0v) is 19.1. The lowest BCUT2D eigenvalue weighted by Gasteiger charge is -2.57. The normalized spacial score (nSPS) is 52.4. The topological polar surface area (TPSA) is 50.6 Å². The maximum atomic E-state index is 10.6. The molecule has 0 amide bonds. The Hall–Kier alpha value is -0.870. The molecule has 4 aliphatic carbocycles. The minimum absolute atomic E-state index is 0.374. The molecule has 166 valence electrons. The van der Waals surface area contributed by atoms with Crippen LogP contribution < -0.4 is 0 Å². The summed E-state index contributed by atoms with van der Waals surface area (Å²) in [6, 6.07) is 0. The van der Waals surface area contributed by atoms with Crippen LogP contribution in [0.4, 0.5) is 0 Å². The molecule has 0 aromatic carbocycles. The summed E-state index contributed by atoms with van der Waals surface area (Å²) in [4.78, 5) is 0. The summed E-state index contributed by atoms with van der Waals surface area (Å²) in [5, 5.41) is 15.1. The molecule has 1 aliphatic heterocycles. The maximum absolute atomic E-state index is 10.6. The van der Waals surface area contributed by atoms with Gasteiger partial charge in [0.25, 0.3) is 0 Å². The van der Waals surface area contributed by atoms with Gasteiger partial charge in [-0.1, -0.05) is 6.92 Å². The molecule has 2 heterocycles. The second-order valence-corrected chi connectivity index (χ2v) is 12.3. The summed E-state index contributed by atoms with van der Waals surface area (Å²) >= 11 is 0. The molecule has 0 spiro atoms. The van der Waals surface area contributed by atoms with Crippen molar-refractivity contribution in [3.63, 3.8) is 0 Å². The Morgan fingerprint density at radius 3 is 2.63 bits per heavy atom. The number of aromatic nitrogens is 2. The van der Waals surface area contributed by atoms with Crippen LogP contribution in [-0.2, 0) is 11.3 Å². The van der Waals surface area contributed by atoms with Gasteiger partial charge < -0.3 is 9.84 Å². The van der Waals surface area contributed by atoms with Gasteiger partial charge >= 0.3 is 0 Å². The molecule has 1 saturated heterocycles. The van der Waals surface area contributed by atoms with E-state index in [1.807, 2.05) is 6.20 Å². The summed E-state index contributed by atoms with van der Waals surface area (Å²) in [5.41, 5.74) is 1.31. The highest BCUT2D eigenvalue weighted by atomic mass is 16.6. The van der Waals surface area contributed by atoms with Gasteiger partial charge in [-0.2, -0.15) is 5.10 Å². The Kier molecular flexibility index (Phi) is 4.49. The van der Waals surface area contributed by atoms with E-state index in [9.17, 15) is 5.11 Å². The third-order valence-electron chi connectivity index (χ3n) is 10.5. The van der Waals surface area contributed by atoms with Gasteiger partial charge in [-0.3, -0.25) is 4.68 Å². The number of rotatable bonds is 3. The molecular formula is C26H40N2O2. The Balaban J connectivity index is 1.15. The number of hydrogen-bond donors (Lipinski definition) is 1. The van der Waals surface area contributed by atoms with Crippen LogP contribution in [0.25, 0.3) is 0 Å². The highest BCUT2D eigenvalue weighted by Gasteiger charge is 2.62. The number of nitrogens with zero attached hydrogens (tertiary/aromatic N) is 2. The van der Waals surface area contributed by atoms with Gasteiger partial charge in [0, 0.05) is 6.20 Å². The zero-order valence-electron chi connectivity index (χ0n) is 19.1. The summed E-state index contributed by atoms with van der Waals surface area (Å²) in [7, 11) is 0. The first-order valence-corrected chi connectivity index (χ1v) is 12.7. The number of hydrogen-bond acceptors (Lipinski definition) is 3. The van der Waals surface area contributed by atoms with E-state index in [0.29, 0.717) is 17.6 Å². The molecule has 10 atom stereocenters. The van der Waals surface area contributed by atoms with Gasteiger partial charge in [-0.05, 0) is 118 Å². The molecule has 10 unspecified atom stereocenters. The van der Waals surface area contributed by atoms with Crippen molar-refractivity contribution in [2.45, 2.75) is 103 Å². The molecule has 4 saturated carbocycles. The van der Waals surface area contributed by atoms with Crippen LogP contribution in [0, 0.1) is 47.8 Å². The summed E-state index contributed by atoms with van der Waals surface area (Å²) in [5.74, 6) is 5.19. The van der Waals surface area contributed by atoms with Crippen molar-refractivity contribution in [2.24, 2.45) is 40.9 Å².